The number of carboxylic acid groups (broad SMARTS) is 4. The van der Waals surface area contributed by atoms with Crippen LogP contribution in [0.5, 0.6) is 0 Å². The summed E-state index contributed by atoms with van der Waals surface area (Å²) in [6.45, 7) is 45.0. The molecule has 0 atom stereocenters. The number of anilines is 8. The predicted octanol–water partition coefficient (Wildman–Crippen LogP) is 20.7. The Bertz CT molecular complexity index is 4760. The molecule has 0 amide bonds. The molecule has 14 rings (SSSR count). The van der Waals surface area contributed by atoms with Gasteiger partial charge < -0.3 is 35.1 Å². The number of carboxylic acids is 4. The third-order valence-electron chi connectivity index (χ3n) is 22.2. The van der Waals surface area contributed by atoms with Crippen LogP contribution in [0.15, 0.2) is 104 Å². The van der Waals surface area contributed by atoms with E-state index >= 15 is 0 Å². The summed E-state index contributed by atoms with van der Waals surface area (Å²) in [5.41, 5.74) is 6.09. The topological polar surface area (TPSA) is 282 Å². The minimum absolute atomic E-state index is 0.0403. The van der Waals surface area contributed by atoms with E-state index in [1.54, 1.807) is 93.9 Å². The van der Waals surface area contributed by atoms with Crippen molar-refractivity contribution in [3.8, 4) is 0 Å². The fraction of sp³-hybridized carbons (Fsp3) is 0.500. The SMILES string of the molecule is CC(C)CN(c1ccc(C(=O)O)cn1)c1nc2c(s1)C(C)(C)CCC2(C)C.CC1(C)CC(=O)C(C)(C)c2nc(N(CC3CC3)c3ccc(C(=O)O)cn3)sc21.CC1(C)CCC(C)(C)c2sc(N(Cc3ccccc3)c3ccc(C(=O)O)cn3)nc21.CCCN(c1ccc(C(=O)O)cn1)c1nc2c(s1)C(C)(C)CCC2(C)C. The molecule has 5 aliphatic carbocycles. The number of carbonyl (C=O) groups excluding carboxylic acids is 1. The number of rotatable bonds is 20. The molecule has 8 heterocycles. The van der Waals surface area contributed by atoms with Crippen molar-refractivity contribution in [1.29, 1.82) is 0 Å². The first-order valence-electron chi connectivity index (χ1n) is 38.5. The molecule has 0 unspecified atom stereocenters. The van der Waals surface area contributed by atoms with Gasteiger partial charge in [0.1, 0.15) is 29.1 Å². The van der Waals surface area contributed by atoms with E-state index in [4.69, 9.17) is 35.3 Å². The Labute approximate surface area is 669 Å². The number of benzene rings is 1. The second-order valence-corrected chi connectivity index (χ2v) is 39.6. The van der Waals surface area contributed by atoms with Crippen molar-refractivity contribution in [1.82, 2.24) is 39.9 Å². The molecule has 21 nitrogen and oxygen atoms in total. The fourth-order valence-electron chi connectivity index (χ4n) is 14.4. The lowest BCUT2D eigenvalue weighted by Crippen LogP contribution is -2.41. The van der Waals surface area contributed by atoms with Gasteiger partial charge in [0, 0.05) is 108 Å². The average Bonchev–Trinajstić information content (AvgIpc) is 1.64. The number of pyridine rings is 4. The van der Waals surface area contributed by atoms with E-state index in [0.29, 0.717) is 36.4 Å². The van der Waals surface area contributed by atoms with E-state index in [1.165, 1.54) is 69.3 Å². The fourth-order valence-corrected chi connectivity index (χ4v) is 20.0. The third-order valence-corrected chi connectivity index (χ3v) is 28.0. The molecule has 0 spiro atoms. The second kappa shape index (κ2) is 31.9. The molecule has 0 radical (unpaired) electrons. The van der Waals surface area contributed by atoms with Gasteiger partial charge in [-0.05, 0) is 138 Å². The van der Waals surface area contributed by atoms with Crippen molar-refractivity contribution in [2.24, 2.45) is 11.8 Å². The van der Waals surface area contributed by atoms with Gasteiger partial charge in [-0.15, -0.1) is 45.3 Å². The molecule has 590 valence electrons. The highest BCUT2D eigenvalue weighted by Gasteiger charge is 2.48. The van der Waals surface area contributed by atoms with Crippen LogP contribution >= 0.6 is 45.3 Å². The molecule has 5 aliphatic rings. The van der Waals surface area contributed by atoms with Crippen LogP contribution in [-0.2, 0) is 54.7 Å². The number of fused-ring (bicyclic) bond motifs is 4. The number of carbonyl (C=O) groups is 5. The maximum absolute atomic E-state index is 12.7. The summed E-state index contributed by atoms with van der Waals surface area (Å²) in [5.74, 6) is 0.259. The molecule has 0 bridgehead atoms. The number of ketones is 1. The van der Waals surface area contributed by atoms with Crippen LogP contribution in [-0.4, -0.2) is 110 Å². The molecule has 111 heavy (non-hydrogen) atoms. The van der Waals surface area contributed by atoms with E-state index in [0.717, 1.165) is 113 Å². The standard InChI is InChI=1S/C24H27N3O2S.C21H25N3O3S.C21H29N3O2S.C20H27N3O2S/c1-23(2)12-13-24(3,4)20-19(23)26-22(30-20)27(15-16-8-6-5-7-9-16)18-11-10-17(14-25-18)21(28)29;1-20(2)9-14(25)21(3,4)16-17(20)28-19(23-16)24(11-12-5-6-12)15-8-7-13(10-22-15)18(26)27;1-13(2)12-24(15-8-7-14(11-22-15)18(25)26)19-23-16-17(27-19)21(5,6)10-9-20(16,3)4;1-6-11-23(14-8-7-13(12-21-14)17(24)25)18-22-15-16(26-18)20(4,5)10-9-19(15,2)3/h5-11,14H,12-13,15H2,1-4H3,(H,28,29);7-8,10,12H,5-6,9,11H2,1-4H3,(H,26,27);7-8,11,13H,9-10,12H2,1-6H3,(H,25,26);7-8,12H,6,9-11H2,1-5H3,(H,24,25). The van der Waals surface area contributed by atoms with Crippen LogP contribution in [0.4, 0.5) is 43.8 Å². The number of Topliss-reactive ketones (excluding diaryl/α,β-unsaturated/α-hetero) is 1. The Morgan fingerprint density at radius 1 is 0.423 bits per heavy atom. The van der Waals surface area contributed by atoms with Crippen LogP contribution in [0.2, 0.25) is 0 Å². The van der Waals surface area contributed by atoms with Crippen molar-refractivity contribution in [2.75, 3.05) is 39.2 Å². The minimum atomic E-state index is -0.987. The predicted molar refractivity (Wildman–Crippen MR) is 446 cm³/mol. The van der Waals surface area contributed by atoms with Gasteiger partial charge in [-0.2, -0.15) is 0 Å². The molecular weight excluding hydrogens is 1470 g/mol. The first-order chi connectivity index (χ1) is 51.9. The quantitative estimate of drug-likeness (QED) is 0.0551. The second-order valence-electron chi connectivity index (χ2n) is 35.7. The van der Waals surface area contributed by atoms with Crippen LogP contribution in [0.25, 0.3) is 0 Å². The van der Waals surface area contributed by atoms with E-state index in [2.05, 4.69) is 169 Å². The zero-order valence-corrected chi connectivity index (χ0v) is 71.0. The molecular formula is C86H108N12O9S4. The van der Waals surface area contributed by atoms with Gasteiger partial charge in [-0.25, -0.2) is 59.0 Å². The number of nitrogens with zero attached hydrogens (tertiary/aromatic N) is 12. The van der Waals surface area contributed by atoms with E-state index < -0.39 is 29.3 Å². The van der Waals surface area contributed by atoms with Gasteiger partial charge in [0.2, 0.25) is 0 Å². The highest BCUT2D eigenvalue weighted by atomic mass is 32.1. The minimum Gasteiger partial charge on any atom is -0.478 e. The molecule has 0 aliphatic heterocycles. The van der Waals surface area contributed by atoms with E-state index in [9.17, 15) is 29.1 Å². The van der Waals surface area contributed by atoms with Crippen LogP contribution in [0.3, 0.4) is 0 Å². The van der Waals surface area contributed by atoms with Crippen molar-refractivity contribution in [3.05, 3.63) is 174 Å². The van der Waals surface area contributed by atoms with Gasteiger partial charge in [0.05, 0.1) is 57.0 Å². The number of thiazole rings is 4. The van der Waals surface area contributed by atoms with E-state index in [-0.39, 0.29) is 65.9 Å². The lowest BCUT2D eigenvalue weighted by molar-refractivity contribution is -0.125. The smallest absolute Gasteiger partial charge is 0.337 e. The average molecular weight is 1580 g/mol. The number of hydrogen-bond donors (Lipinski definition) is 4. The summed E-state index contributed by atoms with van der Waals surface area (Å²) >= 11 is 6.89. The Hall–Kier alpha value is -8.91. The van der Waals surface area contributed by atoms with Gasteiger partial charge in [0.15, 0.2) is 20.5 Å². The van der Waals surface area contributed by atoms with Gasteiger partial charge in [-0.1, -0.05) is 148 Å². The van der Waals surface area contributed by atoms with Gasteiger partial charge in [0.25, 0.3) is 0 Å². The summed E-state index contributed by atoms with van der Waals surface area (Å²) in [6.07, 6.45) is 16.3. The maximum atomic E-state index is 12.7. The molecule has 4 N–H and O–H groups in total. The summed E-state index contributed by atoms with van der Waals surface area (Å²) in [7, 11) is 0. The highest BCUT2D eigenvalue weighted by molar-refractivity contribution is 7.17. The zero-order chi connectivity index (χ0) is 80.9. The summed E-state index contributed by atoms with van der Waals surface area (Å²) in [5, 5.41) is 40.3. The molecule has 8 aromatic heterocycles. The van der Waals surface area contributed by atoms with Gasteiger partial charge >= 0.3 is 23.9 Å². The largest absolute Gasteiger partial charge is 0.478 e. The number of aromatic carboxylic acids is 4. The molecule has 0 saturated heterocycles. The van der Waals surface area contributed by atoms with Crippen LogP contribution in [0, 0.1) is 11.8 Å². The van der Waals surface area contributed by atoms with E-state index in [1.807, 2.05) is 32.0 Å². The first kappa shape index (κ1) is 83.0. The molecule has 1 saturated carbocycles. The maximum Gasteiger partial charge on any atom is 0.337 e. The van der Waals surface area contributed by atoms with Gasteiger partial charge in [-0.3, -0.25) is 9.69 Å². The van der Waals surface area contributed by atoms with Crippen molar-refractivity contribution >= 4 is 119 Å². The summed E-state index contributed by atoms with van der Waals surface area (Å²) in [6, 6.07) is 23.7. The summed E-state index contributed by atoms with van der Waals surface area (Å²) < 4.78 is 0. The zero-order valence-electron chi connectivity index (χ0n) is 67.7. The lowest BCUT2D eigenvalue weighted by atomic mass is 9.68. The number of hydrogen-bond acceptors (Lipinski definition) is 21. The molecule has 1 fully saturated rings. The third kappa shape index (κ3) is 18.3. The Morgan fingerprint density at radius 3 is 1.09 bits per heavy atom. The molecule has 9 aromatic rings. The van der Waals surface area contributed by atoms with Crippen molar-refractivity contribution < 1.29 is 44.4 Å². The van der Waals surface area contributed by atoms with Crippen molar-refractivity contribution in [3.63, 3.8) is 0 Å². The Balaban J connectivity index is 0.000000147. The highest BCUT2D eigenvalue weighted by Crippen LogP contribution is 2.55. The van der Waals surface area contributed by atoms with Crippen LogP contribution < -0.4 is 19.6 Å². The normalized spacial score (nSPS) is 17.9. The van der Waals surface area contributed by atoms with Crippen LogP contribution in [0.1, 0.15) is 285 Å². The first-order valence-corrected chi connectivity index (χ1v) is 41.7. The Kier molecular flexibility index (Phi) is 23.9. The molecule has 25 heteroatoms. The monoisotopic (exact) mass is 1580 g/mol. The molecule has 1 aromatic carbocycles. The Morgan fingerprint density at radius 2 is 0.748 bits per heavy atom. The summed E-state index contributed by atoms with van der Waals surface area (Å²) in [4.78, 5) is 109. The lowest BCUT2D eigenvalue weighted by Gasteiger charge is -2.37. The van der Waals surface area contributed by atoms with Crippen molar-refractivity contribution in [2.45, 2.75) is 246 Å². The number of aromatic nitrogens is 8.